The maximum absolute atomic E-state index is 12.4. The number of aryl methyl sites for hydroxylation is 1. The van der Waals surface area contributed by atoms with Crippen molar-refractivity contribution in [3.8, 4) is 0 Å². The Labute approximate surface area is 158 Å². The number of thiazole rings is 1. The summed E-state index contributed by atoms with van der Waals surface area (Å²) in [5, 5.41) is 8.31. The molecule has 2 aromatic heterocycles. The van der Waals surface area contributed by atoms with Crippen LogP contribution in [0.25, 0.3) is 0 Å². The van der Waals surface area contributed by atoms with E-state index in [0.717, 1.165) is 10.7 Å². The van der Waals surface area contributed by atoms with Crippen molar-refractivity contribution in [1.82, 2.24) is 20.1 Å². The van der Waals surface area contributed by atoms with E-state index in [0.29, 0.717) is 19.0 Å². The molecule has 0 aliphatic rings. The summed E-state index contributed by atoms with van der Waals surface area (Å²) in [6.45, 7) is 7.50. The molecule has 7 heteroatoms. The minimum absolute atomic E-state index is 0.0693. The molecule has 0 fully saturated rings. The number of amides is 2. The average molecular weight is 381 g/mol. The first-order valence-electron chi connectivity index (χ1n) is 8.43. The predicted molar refractivity (Wildman–Crippen MR) is 107 cm³/mol. The Morgan fingerprint density at radius 2 is 2.00 bits per heavy atom. The SMILES string of the molecule is Cc1ccsc1[C@H](CNC(=O)N(C)Cc1csc(C(C)C)n1)N(C)C. The van der Waals surface area contributed by atoms with Crippen LogP contribution in [0.3, 0.4) is 0 Å². The van der Waals surface area contributed by atoms with Crippen LogP contribution in [-0.4, -0.2) is 48.5 Å². The topological polar surface area (TPSA) is 48.5 Å². The average Bonchev–Trinajstić information content (AvgIpc) is 3.16. The summed E-state index contributed by atoms with van der Waals surface area (Å²) in [5.74, 6) is 0.424. The molecule has 25 heavy (non-hydrogen) atoms. The summed E-state index contributed by atoms with van der Waals surface area (Å²) >= 11 is 3.40. The first-order valence-corrected chi connectivity index (χ1v) is 10.2. The highest BCUT2D eigenvalue weighted by Gasteiger charge is 2.20. The van der Waals surface area contributed by atoms with Crippen LogP contribution in [0.5, 0.6) is 0 Å². The molecule has 0 bridgehead atoms. The fraction of sp³-hybridized carbons (Fsp3) is 0.556. The zero-order chi connectivity index (χ0) is 18.6. The largest absolute Gasteiger partial charge is 0.336 e. The molecule has 0 aromatic carbocycles. The Bertz CT molecular complexity index is 693. The van der Waals surface area contributed by atoms with Gasteiger partial charge >= 0.3 is 6.03 Å². The van der Waals surface area contributed by atoms with Crippen molar-refractivity contribution in [1.29, 1.82) is 0 Å². The van der Waals surface area contributed by atoms with Gasteiger partial charge < -0.3 is 15.1 Å². The normalized spacial score (nSPS) is 12.6. The third kappa shape index (κ3) is 5.26. The second-order valence-corrected chi connectivity index (χ2v) is 8.66. The van der Waals surface area contributed by atoms with E-state index in [-0.39, 0.29) is 12.1 Å². The van der Waals surface area contributed by atoms with Gasteiger partial charge in [-0.1, -0.05) is 13.8 Å². The molecule has 0 radical (unpaired) electrons. The molecule has 2 amide bonds. The first kappa shape index (κ1) is 19.9. The number of nitrogens with one attached hydrogen (secondary N) is 1. The van der Waals surface area contributed by atoms with Crippen LogP contribution >= 0.6 is 22.7 Å². The molecular weight excluding hydrogens is 352 g/mol. The zero-order valence-electron chi connectivity index (χ0n) is 15.9. The summed E-state index contributed by atoms with van der Waals surface area (Å²) in [6, 6.07) is 2.24. The fourth-order valence-corrected chi connectivity index (χ4v) is 4.48. The van der Waals surface area contributed by atoms with E-state index in [4.69, 9.17) is 0 Å². The van der Waals surface area contributed by atoms with Crippen molar-refractivity contribution in [2.24, 2.45) is 0 Å². The van der Waals surface area contributed by atoms with Crippen LogP contribution in [0, 0.1) is 6.92 Å². The number of aromatic nitrogens is 1. The zero-order valence-corrected chi connectivity index (χ0v) is 17.5. The Hall–Kier alpha value is -1.44. The summed E-state index contributed by atoms with van der Waals surface area (Å²) in [6.07, 6.45) is 0. The number of likely N-dealkylation sites (N-methyl/N-ethyl adjacent to an activating group) is 1. The third-order valence-corrected chi connectivity index (χ3v) is 6.40. The Balaban J connectivity index is 1.92. The highest BCUT2D eigenvalue weighted by Crippen LogP contribution is 2.26. The van der Waals surface area contributed by atoms with Gasteiger partial charge in [0, 0.05) is 29.8 Å². The Kier molecular flexibility index (Phi) is 6.98. The molecule has 1 N–H and O–H groups in total. The van der Waals surface area contributed by atoms with Gasteiger partial charge in [0.15, 0.2) is 0 Å². The van der Waals surface area contributed by atoms with Crippen LogP contribution in [0.1, 0.15) is 46.9 Å². The molecule has 2 heterocycles. The third-order valence-electron chi connectivity index (χ3n) is 4.08. The Morgan fingerprint density at radius 1 is 1.28 bits per heavy atom. The van der Waals surface area contributed by atoms with Gasteiger partial charge in [0.2, 0.25) is 0 Å². The van der Waals surface area contributed by atoms with Crippen molar-refractivity contribution in [2.45, 2.75) is 39.3 Å². The number of urea groups is 1. The minimum atomic E-state index is -0.0693. The monoisotopic (exact) mass is 380 g/mol. The van der Waals surface area contributed by atoms with Crippen LogP contribution < -0.4 is 5.32 Å². The van der Waals surface area contributed by atoms with E-state index in [1.54, 1.807) is 27.6 Å². The lowest BCUT2D eigenvalue weighted by atomic mass is 10.1. The van der Waals surface area contributed by atoms with Crippen molar-refractivity contribution in [3.63, 3.8) is 0 Å². The standard InChI is InChI=1S/C18H28N4OS2/c1-12(2)17-20-14(11-25-17)10-22(6)18(23)19-9-15(21(4)5)16-13(3)7-8-24-16/h7-8,11-12,15H,9-10H2,1-6H3,(H,19,23)/t15-/m0/s1. The van der Waals surface area contributed by atoms with Gasteiger partial charge in [0.1, 0.15) is 0 Å². The van der Waals surface area contributed by atoms with Gasteiger partial charge in [0.05, 0.1) is 23.3 Å². The number of nitrogens with zero attached hydrogens (tertiary/aromatic N) is 3. The molecule has 0 aliphatic carbocycles. The van der Waals surface area contributed by atoms with Gasteiger partial charge in [-0.2, -0.15) is 0 Å². The van der Waals surface area contributed by atoms with Gasteiger partial charge in [-0.15, -0.1) is 22.7 Å². The second kappa shape index (κ2) is 8.78. The van der Waals surface area contributed by atoms with E-state index in [1.165, 1.54) is 10.4 Å². The molecule has 0 spiro atoms. The number of hydrogen-bond donors (Lipinski definition) is 1. The van der Waals surface area contributed by atoms with Gasteiger partial charge in [-0.25, -0.2) is 9.78 Å². The molecule has 0 saturated heterocycles. The number of carbonyl (C=O) groups is 1. The molecule has 5 nitrogen and oxygen atoms in total. The molecule has 0 aliphatic heterocycles. The van der Waals surface area contributed by atoms with E-state index in [1.807, 2.05) is 26.5 Å². The second-order valence-electron chi connectivity index (χ2n) is 6.82. The van der Waals surface area contributed by atoms with E-state index < -0.39 is 0 Å². The Morgan fingerprint density at radius 3 is 2.52 bits per heavy atom. The minimum Gasteiger partial charge on any atom is -0.336 e. The number of carbonyl (C=O) groups excluding carboxylic acids is 1. The van der Waals surface area contributed by atoms with Gasteiger partial charge in [-0.05, 0) is 38.0 Å². The van der Waals surface area contributed by atoms with Crippen LogP contribution in [-0.2, 0) is 6.54 Å². The molecule has 1 atom stereocenters. The lowest BCUT2D eigenvalue weighted by Crippen LogP contribution is -2.41. The van der Waals surface area contributed by atoms with E-state index in [9.17, 15) is 4.79 Å². The molecular formula is C18H28N4OS2. The number of hydrogen-bond acceptors (Lipinski definition) is 5. The lowest BCUT2D eigenvalue weighted by Gasteiger charge is -2.26. The van der Waals surface area contributed by atoms with Crippen molar-refractivity contribution >= 4 is 28.7 Å². The summed E-state index contributed by atoms with van der Waals surface area (Å²) in [5.41, 5.74) is 2.22. The van der Waals surface area contributed by atoms with Crippen LogP contribution in [0.2, 0.25) is 0 Å². The molecule has 0 unspecified atom stereocenters. The molecule has 138 valence electrons. The first-order chi connectivity index (χ1) is 11.8. The fourth-order valence-electron chi connectivity index (χ4n) is 2.53. The maximum Gasteiger partial charge on any atom is 0.317 e. The highest BCUT2D eigenvalue weighted by molar-refractivity contribution is 7.10. The number of rotatable bonds is 7. The van der Waals surface area contributed by atoms with Crippen molar-refractivity contribution < 1.29 is 4.79 Å². The summed E-state index contributed by atoms with van der Waals surface area (Å²) in [4.78, 5) is 22.2. The maximum atomic E-state index is 12.4. The van der Waals surface area contributed by atoms with Crippen molar-refractivity contribution in [2.75, 3.05) is 27.7 Å². The predicted octanol–water partition coefficient (Wildman–Crippen LogP) is 4.08. The van der Waals surface area contributed by atoms with Crippen LogP contribution in [0.15, 0.2) is 16.8 Å². The highest BCUT2D eigenvalue weighted by atomic mass is 32.1. The molecule has 2 aromatic rings. The quantitative estimate of drug-likeness (QED) is 0.787. The summed E-state index contributed by atoms with van der Waals surface area (Å²) in [7, 11) is 5.90. The van der Waals surface area contributed by atoms with E-state index >= 15 is 0 Å². The smallest absolute Gasteiger partial charge is 0.317 e. The van der Waals surface area contributed by atoms with Gasteiger partial charge in [-0.3, -0.25) is 0 Å². The number of thiophene rings is 1. The lowest BCUT2D eigenvalue weighted by molar-refractivity contribution is 0.200. The van der Waals surface area contributed by atoms with Gasteiger partial charge in [0.25, 0.3) is 0 Å². The molecule has 0 saturated carbocycles. The van der Waals surface area contributed by atoms with Crippen molar-refractivity contribution in [3.05, 3.63) is 38.0 Å². The van der Waals surface area contributed by atoms with Crippen LogP contribution in [0.4, 0.5) is 4.79 Å². The van der Waals surface area contributed by atoms with E-state index in [2.05, 4.69) is 47.4 Å². The molecule has 2 rings (SSSR count). The summed E-state index contributed by atoms with van der Waals surface area (Å²) < 4.78 is 0.